The van der Waals surface area contributed by atoms with E-state index in [4.69, 9.17) is 0 Å². The lowest BCUT2D eigenvalue weighted by atomic mass is 9.75. The summed E-state index contributed by atoms with van der Waals surface area (Å²) in [5.74, 6) is -0.452. The Morgan fingerprint density at radius 1 is 1.32 bits per heavy atom. The number of carbonyl (C=O) groups is 1. The lowest BCUT2D eigenvalue weighted by Crippen LogP contribution is -2.56. The van der Waals surface area contributed by atoms with Gasteiger partial charge in [0.15, 0.2) is 6.29 Å². The molecule has 0 spiro atoms. The first-order valence-corrected chi connectivity index (χ1v) is 6.62. The molecule has 19 heavy (non-hydrogen) atoms. The number of halogens is 1. The molecule has 4 heteroatoms. The Morgan fingerprint density at radius 2 is 2.00 bits per heavy atom. The molecule has 1 aromatic rings. The molecule has 0 bridgehead atoms. The molecule has 0 amide bonds. The van der Waals surface area contributed by atoms with E-state index < -0.39 is 5.82 Å². The molecule has 0 atom stereocenters. The number of anilines is 1. The number of nitrogens with zero attached hydrogens (tertiary/aromatic N) is 2. The van der Waals surface area contributed by atoms with Crippen molar-refractivity contribution in [3.63, 3.8) is 0 Å². The zero-order valence-corrected chi connectivity index (χ0v) is 11.8. The maximum absolute atomic E-state index is 13.6. The van der Waals surface area contributed by atoms with Gasteiger partial charge in [-0.05, 0) is 45.5 Å². The molecule has 1 aromatic carbocycles. The van der Waals surface area contributed by atoms with Gasteiger partial charge in [0.1, 0.15) is 5.82 Å². The minimum atomic E-state index is -0.452. The van der Waals surface area contributed by atoms with Crippen LogP contribution in [0.4, 0.5) is 10.1 Å². The zero-order chi connectivity index (χ0) is 14.0. The molecule has 1 fully saturated rings. The van der Waals surface area contributed by atoms with Gasteiger partial charge in [-0.15, -0.1) is 0 Å². The van der Waals surface area contributed by atoms with Gasteiger partial charge >= 0.3 is 0 Å². The maximum atomic E-state index is 13.6. The fraction of sp³-hybridized carbons (Fsp3) is 0.533. The van der Waals surface area contributed by atoms with Crippen LogP contribution in [-0.2, 0) is 0 Å². The Balaban J connectivity index is 2.23. The summed E-state index contributed by atoms with van der Waals surface area (Å²) >= 11 is 0. The van der Waals surface area contributed by atoms with Crippen molar-refractivity contribution in [3.05, 3.63) is 29.6 Å². The first-order valence-electron chi connectivity index (χ1n) is 6.62. The fourth-order valence-electron chi connectivity index (χ4n) is 2.83. The zero-order valence-electron chi connectivity index (χ0n) is 11.8. The largest absolute Gasteiger partial charge is 0.372 e. The van der Waals surface area contributed by atoms with Crippen LogP contribution in [0.15, 0.2) is 18.2 Å². The van der Waals surface area contributed by atoms with Crippen molar-refractivity contribution < 1.29 is 9.18 Å². The first kappa shape index (κ1) is 14.0. The Bertz CT molecular complexity index is 469. The third-order valence-corrected chi connectivity index (χ3v) is 4.32. The van der Waals surface area contributed by atoms with Gasteiger partial charge in [0.2, 0.25) is 0 Å². The average molecular weight is 264 g/mol. The van der Waals surface area contributed by atoms with Gasteiger partial charge in [-0.3, -0.25) is 4.79 Å². The summed E-state index contributed by atoms with van der Waals surface area (Å²) in [5, 5.41) is 0. The molecule has 1 saturated carbocycles. The number of aldehydes is 1. The monoisotopic (exact) mass is 264 g/mol. The van der Waals surface area contributed by atoms with Crippen LogP contribution in [0.1, 0.15) is 29.6 Å². The second-order valence-corrected chi connectivity index (χ2v) is 5.62. The number of rotatable bonds is 5. The van der Waals surface area contributed by atoms with Crippen molar-refractivity contribution in [2.45, 2.75) is 24.8 Å². The number of likely N-dealkylation sites (N-methyl/N-ethyl adjacent to an activating group) is 2. The van der Waals surface area contributed by atoms with E-state index >= 15 is 0 Å². The van der Waals surface area contributed by atoms with E-state index in [1.165, 1.54) is 12.5 Å². The average Bonchev–Trinajstić information content (AvgIpc) is 2.32. The van der Waals surface area contributed by atoms with Crippen molar-refractivity contribution in [1.29, 1.82) is 0 Å². The molecule has 104 valence electrons. The van der Waals surface area contributed by atoms with Crippen LogP contribution in [0.2, 0.25) is 0 Å². The van der Waals surface area contributed by atoms with Crippen LogP contribution in [0.5, 0.6) is 0 Å². The van der Waals surface area contributed by atoms with Gasteiger partial charge < -0.3 is 9.80 Å². The summed E-state index contributed by atoms with van der Waals surface area (Å²) in [7, 11) is 6.09. The predicted molar refractivity (Wildman–Crippen MR) is 75.3 cm³/mol. The SMILES string of the molecule is CN(CC1(N(C)C)CCC1)c1cccc(F)c1C=O. The number of carbonyl (C=O) groups excluding carboxylic acids is 1. The van der Waals surface area contributed by atoms with Crippen molar-refractivity contribution in [2.24, 2.45) is 0 Å². The molecule has 0 aromatic heterocycles. The summed E-state index contributed by atoms with van der Waals surface area (Å²) in [6, 6.07) is 4.78. The second-order valence-electron chi connectivity index (χ2n) is 5.62. The number of hydrogen-bond acceptors (Lipinski definition) is 3. The minimum Gasteiger partial charge on any atom is -0.372 e. The quantitative estimate of drug-likeness (QED) is 0.764. The van der Waals surface area contributed by atoms with Crippen molar-refractivity contribution in [2.75, 3.05) is 32.6 Å². The van der Waals surface area contributed by atoms with E-state index in [0.717, 1.165) is 19.4 Å². The molecular formula is C15H21FN2O. The highest BCUT2D eigenvalue weighted by atomic mass is 19.1. The molecule has 1 aliphatic rings. The van der Waals surface area contributed by atoms with Gasteiger partial charge in [0, 0.05) is 19.1 Å². The lowest BCUT2D eigenvalue weighted by Gasteiger charge is -2.49. The molecule has 0 N–H and O–H groups in total. The van der Waals surface area contributed by atoms with Gasteiger partial charge in [-0.1, -0.05) is 6.07 Å². The van der Waals surface area contributed by atoms with E-state index in [0.29, 0.717) is 12.0 Å². The van der Waals surface area contributed by atoms with Gasteiger partial charge in [-0.25, -0.2) is 4.39 Å². The van der Waals surface area contributed by atoms with Crippen molar-refractivity contribution in [3.8, 4) is 0 Å². The summed E-state index contributed by atoms with van der Waals surface area (Å²) < 4.78 is 13.6. The molecule has 1 aliphatic carbocycles. The summed E-state index contributed by atoms with van der Waals surface area (Å²) in [6.07, 6.45) is 4.13. The van der Waals surface area contributed by atoms with Gasteiger partial charge in [0.25, 0.3) is 0 Å². The lowest BCUT2D eigenvalue weighted by molar-refractivity contribution is 0.0682. The number of hydrogen-bond donors (Lipinski definition) is 0. The van der Waals surface area contributed by atoms with E-state index in [9.17, 15) is 9.18 Å². The molecule has 0 heterocycles. The van der Waals surface area contributed by atoms with Crippen LogP contribution in [0, 0.1) is 5.82 Å². The van der Waals surface area contributed by atoms with Crippen molar-refractivity contribution in [1.82, 2.24) is 4.90 Å². The van der Waals surface area contributed by atoms with E-state index in [2.05, 4.69) is 19.0 Å². The van der Waals surface area contributed by atoms with Crippen LogP contribution in [0.3, 0.4) is 0 Å². The Kier molecular flexibility index (Phi) is 3.90. The molecule has 0 aliphatic heterocycles. The van der Waals surface area contributed by atoms with Crippen LogP contribution in [0.25, 0.3) is 0 Å². The summed E-state index contributed by atoms with van der Waals surface area (Å²) in [6.45, 7) is 0.810. The summed E-state index contributed by atoms with van der Waals surface area (Å²) in [5.41, 5.74) is 0.975. The standard InChI is InChI=1S/C15H21FN2O/c1-17(2)15(8-5-9-15)11-18(3)14-7-4-6-13(16)12(14)10-19/h4,6-7,10H,5,8-9,11H2,1-3H3. The first-order chi connectivity index (χ1) is 9.00. The van der Waals surface area contributed by atoms with Crippen LogP contribution >= 0.6 is 0 Å². The fourth-order valence-corrected chi connectivity index (χ4v) is 2.83. The summed E-state index contributed by atoms with van der Waals surface area (Å²) in [4.78, 5) is 15.3. The predicted octanol–water partition coefficient (Wildman–Crippen LogP) is 2.56. The Labute approximate surface area is 114 Å². The maximum Gasteiger partial charge on any atom is 0.155 e. The minimum absolute atomic E-state index is 0.151. The molecule has 0 saturated heterocycles. The highest BCUT2D eigenvalue weighted by Gasteiger charge is 2.40. The van der Waals surface area contributed by atoms with E-state index in [1.807, 2.05) is 11.9 Å². The van der Waals surface area contributed by atoms with E-state index in [-0.39, 0.29) is 11.1 Å². The molecule has 0 radical (unpaired) electrons. The van der Waals surface area contributed by atoms with Gasteiger partial charge in [-0.2, -0.15) is 0 Å². The highest BCUT2D eigenvalue weighted by Crippen LogP contribution is 2.37. The molecule has 0 unspecified atom stereocenters. The van der Waals surface area contributed by atoms with Crippen molar-refractivity contribution >= 4 is 12.0 Å². The number of benzene rings is 1. The van der Waals surface area contributed by atoms with E-state index in [1.54, 1.807) is 12.1 Å². The Hall–Kier alpha value is -1.42. The van der Waals surface area contributed by atoms with Gasteiger partial charge in [0.05, 0.1) is 11.3 Å². The van der Waals surface area contributed by atoms with Crippen LogP contribution < -0.4 is 4.90 Å². The molecular weight excluding hydrogens is 243 g/mol. The highest BCUT2D eigenvalue weighted by molar-refractivity contribution is 5.84. The Morgan fingerprint density at radius 3 is 2.47 bits per heavy atom. The van der Waals surface area contributed by atoms with Crippen LogP contribution in [-0.4, -0.2) is 44.4 Å². The molecule has 2 rings (SSSR count). The third kappa shape index (κ3) is 2.50. The topological polar surface area (TPSA) is 23.6 Å². The third-order valence-electron chi connectivity index (χ3n) is 4.32. The second kappa shape index (κ2) is 5.29. The molecule has 3 nitrogen and oxygen atoms in total. The normalized spacial score (nSPS) is 17.1. The smallest absolute Gasteiger partial charge is 0.155 e.